The second-order valence-electron chi connectivity index (χ2n) is 20.2. The number of imidazole rings is 2. The lowest BCUT2D eigenvalue weighted by Gasteiger charge is -2.34. The molecule has 15 rings (SSSR count). The number of hydrogen-bond donors (Lipinski definition) is 0. The maximum atomic E-state index is 5.61. The zero-order valence-electron chi connectivity index (χ0n) is 42.9. The molecule has 0 bridgehead atoms. The number of nitrogens with zero attached hydrogens (tertiary/aromatic N) is 7. The van der Waals surface area contributed by atoms with E-state index in [9.17, 15) is 0 Å². The van der Waals surface area contributed by atoms with Crippen molar-refractivity contribution in [1.82, 2.24) is 33.5 Å². The molecule has 0 saturated carbocycles. The van der Waals surface area contributed by atoms with Crippen molar-refractivity contribution in [2.75, 3.05) is 0 Å². The van der Waals surface area contributed by atoms with Crippen LogP contribution in [-0.4, -0.2) is 49.6 Å². The van der Waals surface area contributed by atoms with Crippen molar-refractivity contribution in [3.05, 3.63) is 297 Å². The topological polar surface area (TPSA) is 65.8 Å². The van der Waals surface area contributed by atoms with E-state index in [0.29, 0.717) is 23.5 Å². The lowest BCUT2D eigenvalue weighted by Crippen LogP contribution is -2.74. The molecule has 7 nitrogen and oxygen atoms in total. The number of hydrogen-bond acceptors (Lipinski definition) is 4. The molecule has 0 N–H and O–H groups in total. The van der Waals surface area contributed by atoms with Gasteiger partial charge in [-0.3, -0.25) is 8.97 Å². The molecule has 0 aliphatic rings. The Kier molecular flexibility index (Phi) is 11.1. The Morgan fingerprint density at radius 3 is 1.15 bits per heavy atom. The summed E-state index contributed by atoms with van der Waals surface area (Å²) in [4.78, 5) is 21.9. The molecule has 0 aliphatic carbocycles. The molecule has 15 aromatic rings. The van der Waals surface area contributed by atoms with Gasteiger partial charge in [0.05, 0.1) is 33.1 Å². The number of para-hydroxylation sites is 3. The summed E-state index contributed by atoms with van der Waals surface area (Å²) >= 11 is 0. The smallest absolute Gasteiger partial charge is 0.242 e. The molecule has 0 unspecified atom stereocenters. The predicted molar refractivity (Wildman–Crippen MR) is 330 cm³/mol. The highest BCUT2D eigenvalue weighted by molar-refractivity contribution is 7.20. The van der Waals surface area contributed by atoms with Crippen LogP contribution < -0.4 is 41.5 Å². The van der Waals surface area contributed by atoms with Crippen molar-refractivity contribution in [1.29, 1.82) is 0 Å². The third-order valence-electron chi connectivity index (χ3n) is 16.0. The van der Waals surface area contributed by atoms with Crippen LogP contribution in [0.4, 0.5) is 0 Å². The minimum atomic E-state index is -2.93. The molecule has 0 atom stereocenters. The molecule has 0 saturated heterocycles. The van der Waals surface area contributed by atoms with E-state index in [1.165, 1.54) is 41.5 Å². The maximum absolute atomic E-state index is 5.61. The largest absolute Gasteiger partial charge is 0.278 e. The Morgan fingerprint density at radius 1 is 0.253 bits per heavy atom. The standard InChI is InChI=1S/C70H49N7Si2/c1-8-26-50(27-9-1)67-72-68(75-62-42-24-22-40-59(62)60-48-57(44-46-63(60)75)78(51-28-10-2-11-29-51,52-30-12-3-13-31-52)53-32-14-4-15-33-53)74-69(73-67)77-65-47-45-58(49-66(65)76-64-43-25-23-41-61(64)71-70(76)77)79(54-34-16-5-17-35-54,55-36-18-6-19-37-55)56-38-20-7-21-39-56/h1-49H. The molecular weight excluding hydrogens is 995 g/mol. The van der Waals surface area contributed by atoms with Crippen LogP contribution in [0.1, 0.15) is 0 Å². The van der Waals surface area contributed by atoms with Gasteiger partial charge in [0.2, 0.25) is 17.7 Å². The first-order valence-corrected chi connectivity index (χ1v) is 30.8. The molecule has 9 heteroatoms. The molecule has 11 aromatic carbocycles. The van der Waals surface area contributed by atoms with Gasteiger partial charge in [0.1, 0.15) is 0 Å². The molecule has 0 amide bonds. The Labute approximate surface area is 458 Å². The fourth-order valence-corrected chi connectivity index (χ4v) is 22.2. The fraction of sp³-hybridized carbons (Fsp3) is 0. The minimum Gasteiger partial charge on any atom is -0.278 e. The van der Waals surface area contributed by atoms with E-state index in [-0.39, 0.29) is 0 Å². The first-order valence-electron chi connectivity index (χ1n) is 26.8. The van der Waals surface area contributed by atoms with Crippen LogP contribution in [0.3, 0.4) is 0 Å². The fourth-order valence-electron chi connectivity index (χ4n) is 12.7. The SMILES string of the molecule is c1ccc(-c2nc(-n3c4ccccc4c4cc([Si](c5ccccc5)(c5ccccc5)c5ccccc5)ccc43)nc(-n3c4ccc([Si](c5ccccc5)(c5ccccc5)c5ccccc5)cc4n4c5ccccc5nc34)n2)cc1. The molecule has 0 spiro atoms. The van der Waals surface area contributed by atoms with E-state index in [1.807, 2.05) is 18.2 Å². The van der Waals surface area contributed by atoms with Crippen LogP contribution in [0.5, 0.6) is 0 Å². The van der Waals surface area contributed by atoms with Crippen LogP contribution in [-0.2, 0) is 0 Å². The Hall–Kier alpha value is -10.1. The summed E-state index contributed by atoms with van der Waals surface area (Å²) in [5, 5.41) is 12.7. The molecule has 0 radical (unpaired) electrons. The highest BCUT2D eigenvalue weighted by Crippen LogP contribution is 2.34. The van der Waals surface area contributed by atoms with E-state index in [2.05, 4.69) is 293 Å². The zero-order valence-corrected chi connectivity index (χ0v) is 44.9. The van der Waals surface area contributed by atoms with Gasteiger partial charge in [-0.2, -0.15) is 15.0 Å². The van der Waals surface area contributed by atoms with Gasteiger partial charge in [-0.25, -0.2) is 9.55 Å². The second-order valence-corrected chi connectivity index (χ2v) is 27.8. The van der Waals surface area contributed by atoms with E-state index in [0.717, 1.165) is 49.4 Å². The van der Waals surface area contributed by atoms with Gasteiger partial charge in [-0.05, 0) is 77.9 Å². The van der Waals surface area contributed by atoms with Crippen molar-refractivity contribution in [2.24, 2.45) is 0 Å². The van der Waals surface area contributed by atoms with Crippen LogP contribution in [0.15, 0.2) is 297 Å². The number of aromatic nitrogens is 7. The quantitative estimate of drug-likeness (QED) is 0.0957. The maximum Gasteiger partial charge on any atom is 0.242 e. The van der Waals surface area contributed by atoms with Crippen LogP contribution >= 0.6 is 0 Å². The number of rotatable bonds is 11. The molecule has 79 heavy (non-hydrogen) atoms. The van der Waals surface area contributed by atoms with E-state index in [1.54, 1.807) is 0 Å². The van der Waals surface area contributed by atoms with Crippen molar-refractivity contribution < 1.29 is 0 Å². The lowest BCUT2D eigenvalue weighted by atomic mass is 10.1. The van der Waals surface area contributed by atoms with Gasteiger partial charge < -0.3 is 0 Å². The Morgan fingerprint density at radius 2 is 0.646 bits per heavy atom. The Bertz CT molecular complexity index is 4510. The number of fused-ring (bicyclic) bond motifs is 8. The summed E-state index contributed by atoms with van der Waals surface area (Å²) in [6, 6.07) is 108. The Balaban J connectivity index is 1.00. The monoisotopic (exact) mass is 1040 g/mol. The van der Waals surface area contributed by atoms with Crippen molar-refractivity contribution >= 4 is 107 Å². The summed E-state index contributed by atoms with van der Waals surface area (Å²) in [7, 11) is -5.81. The average Bonchev–Trinajstić information content (AvgIpc) is 4.27. The van der Waals surface area contributed by atoms with Crippen molar-refractivity contribution in [3.63, 3.8) is 0 Å². The number of benzene rings is 11. The van der Waals surface area contributed by atoms with Gasteiger partial charge in [-0.1, -0.05) is 261 Å². The van der Waals surface area contributed by atoms with Crippen molar-refractivity contribution in [3.8, 4) is 23.3 Å². The minimum absolute atomic E-state index is 0.468. The first-order chi connectivity index (χ1) is 39.2. The molecule has 4 heterocycles. The summed E-state index contributed by atoms with van der Waals surface area (Å²) in [5.74, 6) is 2.25. The van der Waals surface area contributed by atoms with Gasteiger partial charge in [0, 0.05) is 16.3 Å². The molecular formula is C70H49N7Si2. The van der Waals surface area contributed by atoms with Gasteiger partial charge in [0.25, 0.3) is 0 Å². The third-order valence-corrected chi connectivity index (χ3v) is 25.6. The predicted octanol–water partition coefficient (Wildman–Crippen LogP) is 10.1. The molecule has 0 fully saturated rings. The van der Waals surface area contributed by atoms with Gasteiger partial charge in [0.15, 0.2) is 22.0 Å². The molecule has 4 aromatic heterocycles. The normalized spacial score (nSPS) is 12.1. The second kappa shape index (κ2) is 18.9. The zero-order chi connectivity index (χ0) is 52.3. The highest BCUT2D eigenvalue weighted by Gasteiger charge is 2.43. The van der Waals surface area contributed by atoms with Crippen molar-refractivity contribution in [2.45, 2.75) is 0 Å². The van der Waals surface area contributed by atoms with Crippen LogP contribution in [0.25, 0.3) is 72.9 Å². The van der Waals surface area contributed by atoms with Gasteiger partial charge in [-0.15, -0.1) is 0 Å². The van der Waals surface area contributed by atoms with E-state index in [4.69, 9.17) is 19.9 Å². The first kappa shape index (κ1) is 46.3. The molecule has 372 valence electrons. The lowest BCUT2D eigenvalue weighted by molar-refractivity contribution is 0.885. The average molecular weight is 1040 g/mol. The van der Waals surface area contributed by atoms with E-state index >= 15 is 0 Å². The van der Waals surface area contributed by atoms with Crippen LogP contribution in [0, 0.1) is 0 Å². The summed E-state index contributed by atoms with van der Waals surface area (Å²) < 4.78 is 6.66. The van der Waals surface area contributed by atoms with Gasteiger partial charge >= 0.3 is 0 Å². The highest BCUT2D eigenvalue weighted by atomic mass is 28.3. The summed E-state index contributed by atoms with van der Waals surface area (Å²) in [6.07, 6.45) is 0. The van der Waals surface area contributed by atoms with E-state index < -0.39 is 16.1 Å². The summed E-state index contributed by atoms with van der Waals surface area (Å²) in [5.41, 5.74) is 6.71. The summed E-state index contributed by atoms with van der Waals surface area (Å²) in [6.45, 7) is 0. The third kappa shape index (κ3) is 7.24. The van der Waals surface area contributed by atoms with Crippen LogP contribution in [0.2, 0.25) is 0 Å². The molecule has 0 aliphatic heterocycles.